The van der Waals surface area contributed by atoms with Crippen LogP contribution in [0.25, 0.3) is 0 Å². The smallest absolute Gasteiger partial charge is 0.253 e. The van der Waals surface area contributed by atoms with Gasteiger partial charge in [-0.2, -0.15) is 0 Å². The van der Waals surface area contributed by atoms with Crippen molar-refractivity contribution in [2.24, 2.45) is 0 Å². The third-order valence-corrected chi connectivity index (χ3v) is 2.75. The third-order valence-electron chi connectivity index (χ3n) is 2.75. The van der Waals surface area contributed by atoms with Crippen LogP contribution in [-0.2, 0) is 0 Å². The quantitative estimate of drug-likeness (QED) is 0.697. The summed E-state index contributed by atoms with van der Waals surface area (Å²) in [6.07, 6.45) is 3.19. The summed E-state index contributed by atoms with van der Waals surface area (Å²) in [6.45, 7) is 0. The first-order valence-electron chi connectivity index (χ1n) is 5.95. The van der Waals surface area contributed by atoms with Crippen LogP contribution >= 0.6 is 0 Å². The fourth-order valence-electron chi connectivity index (χ4n) is 1.76. The predicted molar refractivity (Wildman–Crippen MR) is 76.4 cm³/mol. The molecule has 0 amide bonds. The van der Waals surface area contributed by atoms with Gasteiger partial charge in [0.2, 0.25) is 0 Å². The Hall–Kier alpha value is -3.02. The lowest BCUT2D eigenvalue weighted by Gasteiger charge is -2.13. The minimum atomic E-state index is -0.561. The highest BCUT2D eigenvalue weighted by molar-refractivity contribution is 5.80. The maximum atomic E-state index is 11.6. The molecule has 2 heterocycles. The van der Waals surface area contributed by atoms with E-state index in [1.54, 1.807) is 48.8 Å². The molecule has 1 aromatic carbocycles. The number of nitrogens with zero attached hydrogens (tertiary/aromatic N) is 2. The van der Waals surface area contributed by atoms with Gasteiger partial charge in [-0.05, 0) is 24.3 Å². The predicted octanol–water partition coefficient (Wildman–Crippen LogP) is 1.56. The Morgan fingerprint density at radius 2 is 1.15 bits per heavy atom. The van der Waals surface area contributed by atoms with Crippen LogP contribution < -0.4 is 21.5 Å². The minimum Gasteiger partial charge on any atom is -0.335 e. The second-order valence-corrected chi connectivity index (χ2v) is 4.09. The monoisotopic (exact) mass is 266 g/mol. The molecule has 0 aliphatic carbocycles. The molecule has 3 rings (SSSR count). The van der Waals surface area contributed by atoms with Crippen molar-refractivity contribution in [2.75, 3.05) is 10.6 Å². The molecule has 0 fully saturated rings. The number of rotatable bonds is 4. The number of nitrogens with one attached hydrogen (secondary N) is 2. The van der Waals surface area contributed by atoms with Crippen molar-refractivity contribution in [1.82, 2.24) is 9.97 Å². The Bertz CT molecular complexity index is 724. The molecule has 3 aromatic rings. The van der Waals surface area contributed by atoms with Gasteiger partial charge in [-0.25, -0.2) is 9.97 Å². The van der Waals surface area contributed by atoms with Crippen molar-refractivity contribution < 1.29 is 0 Å². The number of hydrogen-bond acceptors (Lipinski definition) is 6. The van der Waals surface area contributed by atoms with E-state index < -0.39 is 10.9 Å². The standard InChI is InChI=1S/C14H10N4O2/c19-13-11(17-9-5-1-3-7-15-9)12(14(13)20)18-10-6-2-4-8-16-10/h1-8H,(H,15,17)(H,16,18). The van der Waals surface area contributed by atoms with E-state index in [0.29, 0.717) is 11.6 Å². The first-order chi connectivity index (χ1) is 9.75. The molecule has 98 valence electrons. The van der Waals surface area contributed by atoms with E-state index in [2.05, 4.69) is 20.6 Å². The van der Waals surface area contributed by atoms with Crippen LogP contribution in [0.1, 0.15) is 0 Å². The number of pyridine rings is 2. The van der Waals surface area contributed by atoms with Gasteiger partial charge in [0.1, 0.15) is 23.0 Å². The highest BCUT2D eigenvalue weighted by Gasteiger charge is 2.21. The van der Waals surface area contributed by atoms with Crippen LogP contribution in [0.2, 0.25) is 0 Å². The summed E-state index contributed by atoms with van der Waals surface area (Å²) in [5.41, 5.74) is -0.707. The Balaban J connectivity index is 1.88. The lowest BCUT2D eigenvalue weighted by molar-refractivity contribution is 1.26. The van der Waals surface area contributed by atoms with Gasteiger partial charge in [0.25, 0.3) is 10.9 Å². The van der Waals surface area contributed by atoms with E-state index in [-0.39, 0.29) is 11.4 Å². The van der Waals surface area contributed by atoms with Gasteiger partial charge in [-0.3, -0.25) is 9.59 Å². The van der Waals surface area contributed by atoms with Crippen molar-refractivity contribution >= 4 is 23.0 Å². The average molecular weight is 266 g/mol. The maximum Gasteiger partial charge on any atom is 0.253 e. The molecule has 6 nitrogen and oxygen atoms in total. The summed E-state index contributed by atoms with van der Waals surface area (Å²) in [5, 5.41) is 5.67. The fraction of sp³-hybridized carbons (Fsp3) is 0. The Morgan fingerprint density at radius 1 is 0.700 bits per heavy atom. The summed E-state index contributed by atoms with van der Waals surface area (Å²) >= 11 is 0. The highest BCUT2D eigenvalue weighted by atomic mass is 16.2. The van der Waals surface area contributed by atoms with Crippen molar-refractivity contribution in [1.29, 1.82) is 0 Å². The Kier molecular flexibility index (Phi) is 2.96. The number of anilines is 4. The molecule has 0 bridgehead atoms. The van der Waals surface area contributed by atoms with Crippen LogP contribution in [0.4, 0.5) is 23.0 Å². The molecule has 0 aliphatic heterocycles. The number of hydrogen-bond donors (Lipinski definition) is 2. The molecular formula is C14H10N4O2. The molecule has 0 saturated carbocycles. The van der Waals surface area contributed by atoms with Gasteiger partial charge in [0.15, 0.2) is 0 Å². The largest absolute Gasteiger partial charge is 0.335 e. The van der Waals surface area contributed by atoms with Gasteiger partial charge < -0.3 is 10.6 Å². The first kappa shape index (κ1) is 12.0. The molecule has 0 spiro atoms. The van der Waals surface area contributed by atoms with E-state index in [9.17, 15) is 9.59 Å². The zero-order valence-corrected chi connectivity index (χ0v) is 10.3. The summed E-state index contributed by atoms with van der Waals surface area (Å²) in [5.74, 6) is 1.01. The van der Waals surface area contributed by atoms with Gasteiger partial charge in [-0.1, -0.05) is 12.1 Å². The maximum absolute atomic E-state index is 11.6. The molecule has 20 heavy (non-hydrogen) atoms. The fourth-order valence-corrected chi connectivity index (χ4v) is 1.76. The summed E-state index contributed by atoms with van der Waals surface area (Å²) in [4.78, 5) is 31.3. The lowest BCUT2D eigenvalue weighted by Crippen LogP contribution is -2.36. The summed E-state index contributed by atoms with van der Waals surface area (Å²) in [7, 11) is 0. The van der Waals surface area contributed by atoms with Crippen LogP contribution in [0.3, 0.4) is 0 Å². The SMILES string of the molecule is O=c1c(Nc2ccccn2)c(Nc2ccccn2)c1=O. The average Bonchev–Trinajstić information content (AvgIpc) is 2.52. The van der Waals surface area contributed by atoms with E-state index in [0.717, 1.165) is 0 Å². The summed E-state index contributed by atoms with van der Waals surface area (Å²) in [6, 6.07) is 10.5. The van der Waals surface area contributed by atoms with Crippen molar-refractivity contribution in [3.05, 3.63) is 69.2 Å². The van der Waals surface area contributed by atoms with Crippen LogP contribution in [0.15, 0.2) is 58.4 Å². The Morgan fingerprint density at radius 3 is 1.50 bits per heavy atom. The first-order valence-corrected chi connectivity index (χ1v) is 5.95. The highest BCUT2D eigenvalue weighted by Crippen LogP contribution is 2.21. The van der Waals surface area contributed by atoms with Crippen LogP contribution in [-0.4, -0.2) is 9.97 Å². The number of aromatic nitrogens is 2. The molecule has 0 unspecified atom stereocenters. The topological polar surface area (TPSA) is 84.0 Å². The van der Waals surface area contributed by atoms with Crippen molar-refractivity contribution in [2.45, 2.75) is 0 Å². The third kappa shape index (κ3) is 2.14. The second kappa shape index (κ2) is 4.93. The molecule has 0 aliphatic rings. The molecule has 6 heteroatoms. The van der Waals surface area contributed by atoms with E-state index >= 15 is 0 Å². The van der Waals surface area contributed by atoms with Crippen LogP contribution in [0, 0.1) is 0 Å². The molecule has 0 atom stereocenters. The molecule has 2 N–H and O–H groups in total. The normalized spacial score (nSPS) is 10.4. The lowest BCUT2D eigenvalue weighted by atomic mass is 10.2. The van der Waals surface area contributed by atoms with Gasteiger partial charge in [-0.15, -0.1) is 0 Å². The molecular weight excluding hydrogens is 256 g/mol. The zero-order chi connectivity index (χ0) is 13.9. The van der Waals surface area contributed by atoms with Crippen LogP contribution in [0.5, 0.6) is 0 Å². The Labute approximate surface area is 113 Å². The van der Waals surface area contributed by atoms with Gasteiger partial charge >= 0.3 is 0 Å². The van der Waals surface area contributed by atoms with E-state index in [4.69, 9.17) is 0 Å². The van der Waals surface area contributed by atoms with Crippen molar-refractivity contribution in [3.8, 4) is 0 Å². The van der Waals surface area contributed by atoms with Crippen molar-refractivity contribution in [3.63, 3.8) is 0 Å². The molecule has 0 radical (unpaired) electrons. The minimum absolute atomic E-state index is 0.208. The molecule has 0 saturated heterocycles. The van der Waals surface area contributed by atoms with Gasteiger partial charge in [0.05, 0.1) is 0 Å². The zero-order valence-electron chi connectivity index (χ0n) is 10.3. The van der Waals surface area contributed by atoms with Gasteiger partial charge in [0, 0.05) is 12.4 Å². The van der Waals surface area contributed by atoms with E-state index in [1.165, 1.54) is 0 Å². The second-order valence-electron chi connectivity index (χ2n) is 4.09. The summed E-state index contributed by atoms with van der Waals surface area (Å²) < 4.78 is 0. The molecule has 2 aromatic heterocycles. The van der Waals surface area contributed by atoms with E-state index in [1.807, 2.05) is 0 Å².